The summed E-state index contributed by atoms with van der Waals surface area (Å²) in [6.07, 6.45) is 0. The summed E-state index contributed by atoms with van der Waals surface area (Å²) in [5.74, 6) is 0. The van der Waals surface area contributed by atoms with Gasteiger partial charge in [0.2, 0.25) is 0 Å². The predicted molar refractivity (Wildman–Crippen MR) is 41.3 cm³/mol. The average Bonchev–Trinajstić information content (AvgIpc) is 1.78. The molecule has 0 amide bonds. The Morgan fingerprint density at radius 2 is 2.00 bits per heavy atom. The Morgan fingerprint density at radius 3 is 2.40 bits per heavy atom. The second-order valence-electron chi connectivity index (χ2n) is 2.95. The SMILES string of the molecule is C[Si](C)(C)OCOC[CH]=[Zr+2]. The minimum absolute atomic E-state index is 0.459. The average molecular weight is 237 g/mol. The Bertz CT molecular complexity index is 100. The van der Waals surface area contributed by atoms with Crippen molar-refractivity contribution in [1.82, 2.24) is 0 Å². The molecular formula is C6H14O2SiZr+2. The molecule has 0 saturated carbocycles. The summed E-state index contributed by atoms with van der Waals surface area (Å²) in [4.78, 5) is 0. The van der Waals surface area contributed by atoms with Crippen LogP contribution in [0.2, 0.25) is 19.6 Å². The van der Waals surface area contributed by atoms with Crippen LogP contribution in [0.3, 0.4) is 0 Å². The number of hydrogen-bond acceptors (Lipinski definition) is 2. The second kappa shape index (κ2) is 5.53. The zero-order chi connectivity index (χ0) is 8.04. The molecule has 0 radical (unpaired) electrons. The molecule has 0 atom stereocenters. The molecule has 4 heteroatoms. The van der Waals surface area contributed by atoms with Crippen molar-refractivity contribution in [2.24, 2.45) is 0 Å². The van der Waals surface area contributed by atoms with Crippen molar-refractivity contribution in [3.63, 3.8) is 0 Å². The van der Waals surface area contributed by atoms with Crippen molar-refractivity contribution in [2.45, 2.75) is 19.6 Å². The Kier molecular flexibility index (Phi) is 6.02. The van der Waals surface area contributed by atoms with Gasteiger partial charge in [-0.3, -0.25) is 0 Å². The first-order valence-corrected chi connectivity index (χ1v) is 8.09. The van der Waals surface area contributed by atoms with Gasteiger partial charge in [0.25, 0.3) is 0 Å². The first-order valence-electron chi connectivity index (χ1n) is 3.27. The molecule has 2 nitrogen and oxygen atoms in total. The second-order valence-corrected chi connectivity index (χ2v) is 8.47. The van der Waals surface area contributed by atoms with Crippen LogP contribution in [-0.2, 0) is 33.4 Å². The maximum atomic E-state index is 5.44. The van der Waals surface area contributed by atoms with E-state index in [0.29, 0.717) is 6.79 Å². The van der Waals surface area contributed by atoms with Crippen molar-refractivity contribution >= 4 is 12.0 Å². The predicted octanol–water partition coefficient (Wildman–Crippen LogP) is 1.16. The van der Waals surface area contributed by atoms with Gasteiger partial charge < -0.3 is 0 Å². The molecule has 10 heavy (non-hydrogen) atoms. The first kappa shape index (κ1) is 10.9. The van der Waals surface area contributed by atoms with E-state index in [2.05, 4.69) is 23.3 Å². The van der Waals surface area contributed by atoms with E-state index in [0.717, 1.165) is 6.61 Å². The summed E-state index contributed by atoms with van der Waals surface area (Å²) < 4.78 is 12.6. The molecule has 0 rings (SSSR count). The quantitative estimate of drug-likeness (QED) is 0.406. The van der Waals surface area contributed by atoms with Gasteiger partial charge in [-0.1, -0.05) is 0 Å². The van der Waals surface area contributed by atoms with Crippen LogP contribution in [-0.4, -0.2) is 25.4 Å². The van der Waals surface area contributed by atoms with Crippen LogP contribution in [0.25, 0.3) is 0 Å². The first-order chi connectivity index (χ1) is 4.56. The van der Waals surface area contributed by atoms with Crippen LogP contribution >= 0.6 is 0 Å². The van der Waals surface area contributed by atoms with E-state index < -0.39 is 8.32 Å². The summed E-state index contributed by atoms with van der Waals surface area (Å²) in [5.41, 5.74) is 0. The molecule has 0 aromatic rings. The Balaban J connectivity index is 3.12. The zero-order valence-electron chi connectivity index (χ0n) is 6.81. The van der Waals surface area contributed by atoms with Gasteiger partial charge in [-0.25, -0.2) is 0 Å². The van der Waals surface area contributed by atoms with E-state index in [1.165, 1.54) is 24.2 Å². The maximum absolute atomic E-state index is 5.44. The van der Waals surface area contributed by atoms with E-state index in [4.69, 9.17) is 9.16 Å². The molecule has 0 aliphatic carbocycles. The number of ether oxygens (including phenoxy) is 1. The molecule has 0 spiro atoms. The van der Waals surface area contributed by atoms with Crippen LogP contribution in [0, 0.1) is 0 Å². The minimum atomic E-state index is -1.34. The Morgan fingerprint density at radius 1 is 1.40 bits per heavy atom. The monoisotopic (exact) mass is 236 g/mol. The third-order valence-corrected chi connectivity index (χ3v) is 2.17. The molecule has 0 unspecified atom stereocenters. The molecule has 0 aromatic heterocycles. The van der Waals surface area contributed by atoms with Crippen LogP contribution in [0.1, 0.15) is 0 Å². The Hall–Kier alpha value is 0.890. The third-order valence-electron chi connectivity index (χ3n) is 0.776. The molecule has 0 aliphatic heterocycles. The van der Waals surface area contributed by atoms with Gasteiger partial charge in [-0.2, -0.15) is 0 Å². The van der Waals surface area contributed by atoms with Gasteiger partial charge in [0, 0.05) is 0 Å². The summed E-state index contributed by atoms with van der Waals surface area (Å²) in [7, 11) is -1.34. The molecule has 0 aromatic carbocycles. The molecule has 0 heterocycles. The van der Waals surface area contributed by atoms with Gasteiger partial charge in [0.15, 0.2) is 0 Å². The van der Waals surface area contributed by atoms with Crippen molar-refractivity contribution in [1.29, 1.82) is 0 Å². The molecule has 56 valence electrons. The molecule has 0 fully saturated rings. The fraction of sp³-hybridized carbons (Fsp3) is 0.833. The van der Waals surface area contributed by atoms with Gasteiger partial charge in [0.05, 0.1) is 0 Å². The van der Waals surface area contributed by atoms with E-state index in [-0.39, 0.29) is 0 Å². The van der Waals surface area contributed by atoms with Gasteiger partial charge >= 0.3 is 78.5 Å². The molecule has 0 saturated heterocycles. The summed E-state index contributed by atoms with van der Waals surface area (Å²) in [5, 5.41) is 0. The van der Waals surface area contributed by atoms with E-state index in [1.807, 2.05) is 0 Å². The fourth-order valence-corrected chi connectivity index (χ4v) is 1.05. The van der Waals surface area contributed by atoms with Crippen molar-refractivity contribution in [2.75, 3.05) is 13.4 Å². The molecule has 0 N–H and O–H groups in total. The Labute approximate surface area is 78.4 Å². The van der Waals surface area contributed by atoms with Crippen LogP contribution in [0.4, 0.5) is 0 Å². The van der Waals surface area contributed by atoms with Gasteiger partial charge in [-0.15, -0.1) is 0 Å². The van der Waals surface area contributed by atoms with Crippen LogP contribution in [0.5, 0.6) is 0 Å². The molecule has 0 aliphatic rings. The van der Waals surface area contributed by atoms with E-state index in [1.54, 1.807) is 0 Å². The standard InChI is InChI=1S/C6H14O2Si.Zr/c1-5-7-6-8-9(2,3)4;/h1H,5-6H2,2-4H3;/q;+2. The van der Waals surface area contributed by atoms with Crippen molar-refractivity contribution in [3.8, 4) is 0 Å². The summed E-state index contributed by atoms with van der Waals surface area (Å²) in [6.45, 7) is 7.64. The van der Waals surface area contributed by atoms with E-state index >= 15 is 0 Å². The topological polar surface area (TPSA) is 18.5 Å². The normalized spacial score (nSPS) is 11.7. The fourth-order valence-electron chi connectivity index (χ4n) is 0.325. The molecular weight excluding hydrogens is 223 g/mol. The zero-order valence-corrected chi connectivity index (χ0v) is 10.3. The van der Waals surface area contributed by atoms with Crippen LogP contribution < -0.4 is 0 Å². The molecule has 0 bridgehead atoms. The van der Waals surface area contributed by atoms with Crippen molar-refractivity contribution in [3.05, 3.63) is 0 Å². The van der Waals surface area contributed by atoms with Gasteiger partial charge in [0.1, 0.15) is 0 Å². The van der Waals surface area contributed by atoms with Crippen LogP contribution in [0.15, 0.2) is 0 Å². The summed E-state index contributed by atoms with van der Waals surface area (Å²) >= 11 is 1.41. The van der Waals surface area contributed by atoms with Gasteiger partial charge in [-0.05, 0) is 0 Å². The summed E-state index contributed by atoms with van der Waals surface area (Å²) in [6, 6.07) is 0. The number of hydrogen-bond donors (Lipinski definition) is 0. The third kappa shape index (κ3) is 8.89. The number of rotatable bonds is 5. The van der Waals surface area contributed by atoms with Crippen molar-refractivity contribution < 1.29 is 33.4 Å². The van der Waals surface area contributed by atoms with E-state index in [9.17, 15) is 0 Å².